The summed E-state index contributed by atoms with van der Waals surface area (Å²) in [6.07, 6.45) is 11.5. The minimum absolute atomic E-state index is 0.170. The van der Waals surface area contributed by atoms with Gasteiger partial charge in [-0.2, -0.15) is 0 Å². The lowest BCUT2D eigenvalue weighted by atomic mass is 9.96. The molecule has 3 aliphatic rings. The van der Waals surface area contributed by atoms with Gasteiger partial charge in [0.05, 0.1) is 5.75 Å². The maximum atomic E-state index is 12.2. The van der Waals surface area contributed by atoms with Crippen molar-refractivity contribution in [2.24, 2.45) is 0 Å². The third kappa shape index (κ3) is 4.98. The average molecular weight is 407 g/mol. The first-order chi connectivity index (χ1) is 13.7. The van der Waals surface area contributed by atoms with Crippen LogP contribution >= 0.6 is 11.8 Å². The molecule has 9 heteroatoms. The van der Waals surface area contributed by atoms with E-state index in [4.69, 9.17) is 0 Å². The molecule has 0 spiro atoms. The van der Waals surface area contributed by atoms with Crippen molar-refractivity contribution in [3.05, 3.63) is 0 Å². The Labute approximate surface area is 170 Å². The first-order valence-electron chi connectivity index (χ1n) is 10.6. The van der Waals surface area contributed by atoms with Crippen LogP contribution in [0.2, 0.25) is 0 Å². The molecule has 0 aromatic carbocycles. The third-order valence-electron chi connectivity index (χ3n) is 5.72. The molecule has 0 atom stereocenters. The minimum atomic E-state index is -0.379. The molecule has 2 heterocycles. The lowest BCUT2D eigenvalue weighted by Crippen LogP contribution is -2.45. The van der Waals surface area contributed by atoms with Gasteiger partial charge < -0.3 is 10.2 Å². The second-order valence-electron chi connectivity index (χ2n) is 8.08. The van der Waals surface area contributed by atoms with E-state index in [9.17, 15) is 9.59 Å². The number of thioether (sulfide) groups is 1. The zero-order chi connectivity index (χ0) is 19.3. The Bertz CT molecular complexity index is 693. The number of urea groups is 1. The second-order valence-corrected chi connectivity index (χ2v) is 9.02. The van der Waals surface area contributed by atoms with Crippen molar-refractivity contribution in [2.75, 3.05) is 23.7 Å². The van der Waals surface area contributed by atoms with Crippen molar-refractivity contribution >= 4 is 29.6 Å². The number of hydrogen-bond donors (Lipinski definition) is 2. The number of anilines is 1. The van der Waals surface area contributed by atoms with E-state index < -0.39 is 0 Å². The molecule has 2 aliphatic carbocycles. The predicted molar refractivity (Wildman–Crippen MR) is 109 cm³/mol. The van der Waals surface area contributed by atoms with Crippen LogP contribution in [0, 0.1) is 0 Å². The molecule has 3 amide bonds. The lowest BCUT2D eigenvalue weighted by molar-refractivity contribution is -0.117. The van der Waals surface area contributed by atoms with Crippen LogP contribution in [0.1, 0.15) is 70.3 Å². The van der Waals surface area contributed by atoms with E-state index in [1.54, 1.807) is 0 Å². The van der Waals surface area contributed by atoms with E-state index in [1.165, 1.54) is 37.4 Å². The highest BCUT2D eigenvalue weighted by molar-refractivity contribution is 7.99. The molecule has 3 fully saturated rings. The minimum Gasteiger partial charge on any atom is -0.341 e. The van der Waals surface area contributed by atoms with E-state index in [0.717, 1.165) is 62.7 Å². The molecule has 1 saturated heterocycles. The van der Waals surface area contributed by atoms with E-state index in [1.807, 2.05) is 0 Å². The fourth-order valence-electron chi connectivity index (χ4n) is 4.09. The zero-order valence-electron chi connectivity index (χ0n) is 16.4. The van der Waals surface area contributed by atoms with E-state index in [2.05, 4.69) is 30.3 Å². The van der Waals surface area contributed by atoms with Crippen LogP contribution in [0.5, 0.6) is 0 Å². The highest BCUT2D eigenvalue weighted by Gasteiger charge is 2.32. The Morgan fingerprint density at radius 1 is 0.964 bits per heavy atom. The largest absolute Gasteiger partial charge is 0.341 e. The normalized spacial score (nSPS) is 20.8. The Kier molecular flexibility index (Phi) is 6.39. The van der Waals surface area contributed by atoms with Crippen LogP contribution in [0.15, 0.2) is 5.16 Å². The molecule has 1 aromatic heterocycles. The quantitative estimate of drug-likeness (QED) is 0.706. The molecule has 2 N–H and O–H groups in total. The molecule has 1 aromatic rings. The summed E-state index contributed by atoms with van der Waals surface area (Å²) in [4.78, 5) is 26.6. The molecule has 2 saturated carbocycles. The van der Waals surface area contributed by atoms with Crippen LogP contribution in [0.4, 0.5) is 10.7 Å². The summed E-state index contributed by atoms with van der Waals surface area (Å²) in [5.41, 5.74) is 0. The van der Waals surface area contributed by atoms with Gasteiger partial charge in [-0.25, -0.2) is 4.79 Å². The third-order valence-corrected chi connectivity index (χ3v) is 6.67. The first-order valence-corrected chi connectivity index (χ1v) is 11.6. The van der Waals surface area contributed by atoms with Crippen molar-refractivity contribution in [1.82, 2.24) is 25.4 Å². The smallest absolute Gasteiger partial charge is 0.321 e. The summed E-state index contributed by atoms with van der Waals surface area (Å²) >= 11 is 1.37. The monoisotopic (exact) mass is 406 g/mol. The second kappa shape index (κ2) is 9.15. The maximum absolute atomic E-state index is 12.2. The van der Waals surface area contributed by atoms with Gasteiger partial charge in [0.25, 0.3) is 0 Å². The van der Waals surface area contributed by atoms with Gasteiger partial charge in [-0.1, -0.05) is 31.0 Å². The van der Waals surface area contributed by atoms with Crippen LogP contribution in [-0.4, -0.2) is 51.6 Å². The summed E-state index contributed by atoms with van der Waals surface area (Å²) < 4.78 is 2.20. The predicted octanol–water partition coefficient (Wildman–Crippen LogP) is 2.85. The van der Waals surface area contributed by atoms with Gasteiger partial charge in [0.1, 0.15) is 0 Å². The van der Waals surface area contributed by atoms with Crippen molar-refractivity contribution < 1.29 is 9.59 Å². The van der Waals surface area contributed by atoms with Gasteiger partial charge >= 0.3 is 6.03 Å². The van der Waals surface area contributed by atoms with E-state index in [-0.39, 0.29) is 23.7 Å². The summed E-state index contributed by atoms with van der Waals surface area (Å²) in [5.74, 6) is 0.825. The number of hydrogen-bond acceptors (Lipinski definition) is 6. The van der Waals surface area contributed by atoms with Crippen molar-refractivity contribution in [1.29, 1.82) is 0 Å². The lowest BCUT2D eigenvalue weighted by Gasteiger charge is -2.27. The number of aromatic nitrogens is 3. The topological polar surface area (TPSA) is 92.2 Å². The molecule has 0 radical (unpaired) electrons. The summed E-state index contributed by atoms with van der Waals surface area (Å²) in [6, 6.07) is 0.265. The van der Waals surface area contributed by atoms with E-state index >= 15 is 0 Å². The van der Waals surface area contributed by atoms with E-state index in [0.29, 0.717) is 6.04 Å². The van der Waals surface area contributed by atoms with Gasteiger partial charge in [0.2, 0.25) is 11.9 Å². The zero-order valence-corrected chi connectivity index (χ0v) is 17.2. The van der Waals surface area contributed by atoms with Crippen LogP contribution in [0.3, 0.4) is 0 Å². The van der Waals surface area contributed by atoms with Crippen molar-refractivity contribution in [3.8, 4) is 0 Å². The highest BCUT2D eigenvalue weighted by atomic mass is 32.2. The summed E-state index contributed by atoms with van der Waals surface area (Å²) in [6.45, 7) is 2.05. The number of nitrogens with one attached hydrogen (secondary N) is 2. The van der Waals surface area contributed by atoms with Gasteiger partial charge in [-0.15, -0.1) is 10.2 Å². The fraction of sp³-hybridized carbons (Fsp3) is 0.789. The molecule has 154 valence electrons. The molecule has 28 heavy (non-hydrogen) atoms. The Hall–Kier alpha value is -1.77. The van der Waals surface area contributed by atoms with Crippen molar-refractivity contribution in [3.63, 3.8) is 0 Å². The Balaban J connectivity index is 1.29. The molecule has 8 nitrogen and oxygen atoms in total. The molecule has 1 aliphatic heterocycles. The first kappa shape index (κ1) is 19.5. The number of amides is 3. The molecular formula is C19H30N6O2S. The number of nitrogens with zero attached hydrogens (tertiary/aromatic N) is 4. The van der Waals surface area contributed by atoms with Gasteiger partial charge in [0.15, 0.2) is 5.16 Å². The number of carbonyl (C=O) groups excluding carboxylic acids is 2. The SMILES string of the molecule is O=C(CSc1nnc(N2CCCCC2)n1C1CC1)NC(=O)NC1CCCCC1. The maximum Gasteiger partial charge on any atom is 0.321 e. The van der Waals surface area contributed by atoms with Crippen LogP contribution in [0.25, 0.3) is 0 Å². The van der Waals surface area contributed by atoms with Crippen LogP contribution < -0.4 is 15.5 Å². The molecule has 0 unspecified atom stereocenters. The Morgan fingerprint density at radius 2 is 1.68 bits per heavy atom. The van der Waals surface area contributed by atoms with Gasteiger partial charge in [-0.05, 0) is 44.9 Å². The molecular weight excluding hydrogens is 376 g/mol. The number of imide groups is 1. The number of piperidine rings is 1. The van der Waals surface area contributed by atoms with Gasteiger partial charge in [-0.3, -0.25) is 14.7 Å². The Morgan fingerprint density at radius 3 is 2.39 bits per heavy atom. The standard InChI is InChI=1S/C19H30N6O2S/c26-16(21-17(27)20-14-7-3-1-4-8-14)13-28-19-23-22-18(25(19)15-9-10-15)24-11-5-2-6-12-24/h14-15H,1-13H2,(H2,20,21,26,27). The van der Waals surface area contributed by atoms with Crippen molar-refractivity contribution in [2.45, 2.75) is 81.4 Å². The molecule has 4 rings (SSSR count). The van der Waals surface area contributed by atoms with Crippen LogP contribution in [-0.2, 0) is 4.79 Å². The van der Waals surface area contributed by atoms with Gasteiger partial charge in [0, 0.05) is 25.2 Å². The number of rotatable bonds is 6. The highest BCUT2D eigenvalue weighted by Crippen LogP contribution is 2.41. The number of carbonyl (C=O) groups is 2. The molecule has 0 bridgehead atoms. The summed E-state index contributed by atoms with van der Waals surface area (Å²) in [7, 11) is 0. The summed E-state index contributed by atoms with van der Waals surface area (Å²) in [5, 5.41) is 14.9. The average Bonchev–Trinajstić information content (AvgIpc) is 3.46. The fourth-order valence-corrected chi connectivity index (χ4v) is 4.89.